The molecular formula is C18H22ClN5O8. The molecule has 1 aliphatic heterocycles. The van der Waals surface area contributed by atoms with Gasteiger partial charge in [-0.15, -0.1) is 0 Å². The number of hydrogen-bond acceptors (Lipinski definition) is 12. The van der Waals surface area contributed by atoms with Crippen LogP contribution in [0.25, 0.3) is 11.2 Å². The maximum absolute atomic E-state index is 11.8. The number of fused-ring (bicyclic) bond motifs is 1. The number of nitrogens with one attached hydrogen (secondary N) is 1. The molecule has 0 unspecified atom stereocenters. The van der Waals surface area contributed by atoms with Gasteiger partial charge in [0.15, 0.2) is 35.4 Å². The molecule has 0 radical (unpaired) electrons. The first-order chi connectivity index (χ1) is 15.2. The third-order valence-electron chi connectivity index (χ3n) is 4.32. The lowest BCUT2D eigenvalue weighted by Gasteiger charge is -2.23. The van der Waals surface area contributed by atoms with Gasteiger partial charge in [-0.25, -0.2) is 10.5 Å². The Bertz CT molecular complexity index is 1010. The summed E-state index contributed by atoms with van der Waals surface area (Å²) in [7, 11) is 0. The highest BCUT2D eigenvalue weighted by molar-refractivity contribution is 6.28. The maximum Gasteiger partial charge on any atom is 0.303 e. The Morgan fingerprint density at radius 2 is 1.81 bits per heavy atom. The second-order valence-corrected chi connectivity index (χ2v) is 7.05. The van der Waals surface area contributed by atoms with Gasteiger partial charge in [-0.1, -0.05) is 0 Å². The summed E-state index contributed by atoms with van der Waals surface area (Å²) in [6.45, 7) is 5.53. The fourth-order valence-electron chi connectivity index (χ4n) is 3.20. The molecule has 0 amide bonds. The standard InChI is InChI=1S/C18H22ClN5O8/c1-5-29-23-15-12-16(22-18(19)21-15)24(7-20-12)17-14(31-10(4)27)13(30-9(3)26)11(32-17)6-28-8(2)25/h7,11,13-14,17H,5-6H2,1-4H3,(H,21,22,23)/t11-,13-,14-,17-/m1/s1. The third-order valence-corrected chi connectivity index (χ3v) is 4.49. The van der Waals surface area contributed by atoms with Crippen molar-refractivity contribution in [3.05, 3.63) is 11.6 Å². The van der Waals surface area contributed by atoms with Crippen LogP contribution in [0.4, 0.5) is 5.82 Å². The largest absolute Gasteiger partial charge is 0.463 e. The molecule has 0 bridgehead atoms. The van der Waals surface area contributed by atoms with E-state index in [2.05, 4.69) is 20.4 Å². The van der Waals surface area contributed by atoms with Crippen LogP contribution < -0.4 is 5.48 Å². The van der Waals surface area contributed by atoms with Gasteiger partial charge in [-0.3, -0.25) is 23.8 Å². The molecule has 0 saturated carbocycles. The highest BCUT2D eigenvalue weighted by Gasteiger charge is 2.51. The molecule has 0 aliphatic carbocycles. The van der Waals surface area contributed by atoms with Gasteiger partial charge in [-0.05, 0) is 18.5 Å². The Balaban J connectivity index is 2.04. The number of nitrogens with zero attached hydrogens (tertiary/aromatic N) is 4. The van der Waals surface area contributed by atoms with Crippen molar-refractivity contribution in [2.75, 3.05) is 18.7 Å². The van der Waals surface area contributed by atoms with Crippen LogP contribution in [0.5, 0.6) is 0 Å². The molecule has 4 atom stereocenters. The van der Waals surface area contributed by atoms with Crippen molar-refractivity contribution >= 4 is 46.5 Å². The summed E-state index contributed by atoms with van der Waals surface area (Å²) in [5, 5.41) is -0.100. The summed E-state index contributed by atoms with van der Waals surface area (Å²) in [5.41, 5.74) is 3.18. The summed E-state index contributed by atoms with van der Waals surface area (Å²) in [6, 6.07) is 0. The van der Waals surface area contributed by atoms with E-state index in [0.717, 1.165) is 0 Å². The molecule has 32 heavy (non-hydrogen) atoms. The summed E-state index contributed by atoms with van der Waals surface area (Å²) >= 11 is 6.06. The molecule has 1 N–H and O–H groups in total. The van der Waals surface area contributed by atoms with Crippen LogP contribution >= 0.6 is 11.6 Å². The molecule has 0 spiro atoms. The van der Waals surface area contributed by atoms with Crippen molar-refractivity contribution in [1.82, 2.24) is 19.5 Å². The normalized spacial score (nSPS) is 22.5. The van der Waals surface area contributed by atoms with E-state index in [0.29, 0.717) is 12.1 Å². The summed E-state index contributed by atoms with van der Waals surface area (Å²) < 4.78 is 23.3. The Hall–Kier alpha value is -3.03. The lowest BCUT2D eigenvalue weighted by molar-refractivity contribution is -0.166. The van der Waals surface area contributed by atoms with Gasteiger partial charge in [0.2, 0.25) is 5.28 Å². The molecule has 13 nitrogen and oxygen atoms in total. The Morgan fingerprint density at radius 3 is 2.44 bits per heavy atom. The SMILES string of the molecule is CCONc1nc(Cl)nc2c1ncn2[C@@H]1O[C@H](COC(C)=O)[C@@H](OC(C)=O)[C@H]1OC(C)=O. The molecule has 3 heterocycles. The Kier molecular flexibility index (Phi) is 7.43. The molecule has 0 aromatic carbocycles. The number of carbonyl (C=O) groups is 3. The van der Waals surface area contributed by atoms with Crippen LogP contribution in [0, 0.1) is 0 Å². The van der Waals surface area contributed by atoms with Crippen LogP contribution in [-0.4, -0.2) is 69.0 Å². The molecule has 2 aromatic rings. The van der Waals surface area contributed by atoms with Crippen molar-refractivity contribution in [2.45, 2.75) is 52.2 Å². The van der Waals surface area contributed by atoms with Gasteiger partial charge in [-0.2, -0.15) is 9.97 Å². The minimum Gasteiger partial charge on any atom is -0.463 e. The highest BCUT2D eigenvalue weighted by atomic mass is 35.5. The summed E-state index contributed by atoms with van der Waals surface area (Å²) in [6.07, 6.45) is -2.72. The van der Waals surface area contributed by atoms with E-state index in [1.807, 2.05) is 0 Å². The predicted molar refractivity (Wildman–Crippen MR) is 107 cm³/mol. The first-order valence-electron chi connectivity index (χ1n) is 9.62. The van der Waals surface area contributed by atoms with Gasteiger partial charge in [0, 0.05) is 20.8 Å². The quantitative estimate of drug-likeness (QED) is 0.254. The van der Waals surface area contributed by atoms with E-state index in [1.54, 1.807) is 6.92 Å². The number of esters is 3. The number of anilines is 1. The lowest BCUT2D eigenvalue weighted by Crippen LogP contribution is -2.40. The zero-order valence-corrected chi connectivity index (χ0v) is 18.5. The van der Waals surface area contributed by atoms with E-state index < -0.39 is 42.4 Å². The summed E-state index contributed by atoms with van der Waals surface area (Å²) in [5.74, 6) is -1.60. The average molecular weight is 472 g/mol. The second-order valence-electron chi connectivity index (χ2n) is 6.72. The minimum absolute atomic E-state index is 0.100. The van der Waals surface area contributed by atoms with E-state index in [4.69, 9.17) is 35.4 Å². The number of imidazole rings is 1. The summed E-state index contributed by atoms with van der Waals surface area (Å²) in [4.78, 5) is 52.5. The van der Waals surface area contributed by atoms with Crippen LogP contribution in [0.15, 0.2) is 6.33 Å². The number of carbonyl (C=O) groups excluding carboxylic acids is 3. The number of hydrogen-bond donors (Lipinski definition) is 1. The van der Waals surface area contributed by atoms with Crippen LogP contribution in [0.2, 0.25) is 5.28 Å². The first kappa shape index (κ1) is 23.6. The molecule has 3 rings (SSSR count). The van der Waals surface area contributed by atoms with Crippen LogP contribution in [-0.2, 0) is 38.2 Å². The van der Waals surface area contributed by atoms with E-state index >= 15 is 0 Å². The molecule has 1 fully saturated rings. The molecular weight excluding hydrogens is 450 g/mol. The van der Waals surface area contributed by atoms with E-state index in [1.165, 1.54) is 31.7 Å². The zero-order chi connectivity index (χ0) is 23.4. The van der Waals surface area contributed by atoms with Crippen molar-refractivity contribution in [1.29, 1.82) is 0 Å². The minimum atomic E-state index is -1.09. The average Bonchev–Trinajstić information content (AvgIpc) is 3.25. The van der Waals surface area contributed by atoms with Gasteiger partial charge < -0.3 is 18.9 Å². The number of rotatable bonds is 8. The van der Waals surface area contributed by atoms with Gasteiger partial charge in [0.1, 0.15) is 12.7 Å². The van der Waals surface area contributed by atoms with E-state index in [9.17, 15) is 14.4 Å². The highest BCUT2D eigenvalue weighted by Crippen LogP contribution is 2.36. The van der Waals surface area contributed by atoms with E-state index in [-0.39, 0.29) is 23.4 Å². The van der Waals surface area contributed by atoms with Crippen LogP contribution in [0.1, 0.15) is 33.9 Å². The third kappa shape index (κ3) is 5.23. The monoisotopic (exact) mass is 471 g/mol. The van der Waals surface area contributed by atoms with Gasteiger partial charge in [0.25, 0.3) is 0 Å². The molecule has 1 saturated heterocycles. The Labute approximate surface area is 187 Å². The van der Waals surface area contributed by atoms with Crippen molar-refractivity contribution < 1.29 is 38.2 Å². The molecule has 2 aromatic heterocycles. The Morgan fingerprint density at radius 1 is 1.12 bits per heavy atom. The number of aromatic nitrogens is 4. The predicted octanol–water partition coefficient (Wildman–Crippen LogP) is 1.17. The fourth-order valence-corrected chi connectivity index (χ4v) is 3.37. The van der Waals surface area contributed by atoms with Crippen LogP contribution in [0.3, 0.4) is 0 Å². The lowest BCUT2D eigenvalue weighted by atomic mass is 10.1. The van der Waals surface area contributed by atoms with Gasteiger partial charge in [0.05, 0.1) is 12.9 Å². The molecule has 14 heteroatoms. The second kappa shape index (κ2) is 10.1. The smallest absolute Gasteiger partial charge is 0.303 e. The maximum atomic E-state index is 11.8. The van der Waals surface area contributed by atoms with Crippen molar-refractivity contribution in [3.63, 3.8) is 0 Å². The fraction of sp³-hybridized carbons (Fsp3) is 0.556. The number of ether oxygens (including phenoxy) is 4. The first-order valence-corrected chi connectivity index (χ1v) is 10.00. The topological polar surface area (TPSA) is 153 Å². The van der Waals surface area contributed by atoms with Crippen molar-refractivity contribution in [2.24, 2.45) is 0 Å². The number of halogens is 1. The molecule has 1 aliphatic rings. The molecule has 174 valence electrons. The zero-order valence-electron chi connectivity index (χ0n) is 17.7. The van der Waals surface area contributed by atoms with Crippen molar-refractivity contribution in [3.8, 4) is 0 Å². The van der Waals surface area contributed by atoms with Gasteiger partial charge >= 0.3 is 17.9 Å².